The molecule has 0 aliphatic carbocycles. The van der Waals surface area contributed by atoms with Crippen molar-refractivity contribution in [1.82, 2.24) is 10.2 Å². The van der Waals surface area contributed by atoms with E-state index in [1.165, 1.54) is 4.90 Å². The molecule has 1 fully saturated rings. The number of H-pyrrole nitrogens is 2. The van der Waals surface area contributed by atoms with Crippen LogP contribution in [0.1, 0.15) is 6.42 Å². The van der Waals surface area contributed by atoms with Gasteiger partial charge < -0.3 is 4.90 Å². The molecule has 6 nitrogen and oxygen atoms in total. The van der Waals surface area contributed by atoms with E-state index in [0.29, 0.717) is 12.2 Å². The monoisotopic (exact) mass is 279 g/mol. The second kappa shape index (κ2) is 4.24. The molecule has 3 rings (SSSR count). The smallest absolute Gasteiger partial charge is 0.272 e. The lowest BCUT2D eigenvalue weighted by atomic mass is 10.1. The fraction of sp³-hybridized carbons (Fsp3) is 0.250. The predicted molar refractivity (Wildman–Crippen MR) is 71.8 cm³/mol. The highest BCUT2D eigenvalue weighted by molar-refractivity contribution is 6.24. The maximum atomic E-state index is 11.9. The van der Waals surface area contributed by atoms with E-state index in [-0.39, 0.29) is 28.5 Å². The second-order valence-electron chi connectivity index (χ2n) is 4.41. The van der Waals surface area contributed by atoms with Crippen molar-refractivity contribution < 1.29 is 4.79 Å². The van der Waals surface area contributed by atoms with Crippen LogP contribution in [0.4, 0.5) is 5.69 Å². The van der Waals surface area contributed by atoms with Crippen LogP contribution in [0.2, 0.25) is 0 Å². The van der Waals surface area contributed by atoms with Crippen LogP contribution < -0.4 is 16.0 Å². The Hall–Kier alpha value is -2.08. The van der Waals surface area contributed by atoms with Gasteiger partial charge in [-0.1, -0.05) is 6.07 Å². The van der Waals surface area contributed by atoms with Gasteiger partial charge in [-0.3, -0.25) is 24.6 Å². The summed E-state index contributed by atoms with van der Waals surface area (Å²) < 4.78 is 0. The summed E-state index contributed by atoms with van der Waals surface area (Å²) >= 11 is 5.96. The Bertz CT molecular complexity index is 780. The number of aromatic nitrogens is 2. The van der Waals surface area contributed by atoms with Crippen molar-refractivity contribution in [2.75, 3.05) is 11.4 Å². The van der Waals surface area contributed by atoms with Gasteiger partial charge in [0.05, 0.1) is 21.8 Å². The van der Waals surface area contributed by atoms with Gasteiger partial charge in [-0.05, 0) is 12.1 Å². The molecule has 1 aliphatic rings. The number of alkyl halides is 1. The van der Waals surface area contributed by atoms with Gasteiger partial charge in [0.15, 0.2) is 0 Å². The van der Waals surface area contributed by atoms with Crippen molar-refractivity contribution in [3.05, 3.63) is 38.9 Å². The molecule has 0 spiro atoms. The van der Waals surface area contributed by atoms with E-state index < -0.39 is 11.1 Å². The van der Waals surface area contributed by atoms with E-state index >= 15 is 0 Å². The summed E-state index contributed by atoms with van der Waals surface area (Å²) in [6, 6.07) is 4.83. The van der Waals surface area contributed by atoms with Crippen molar-refractivity contribution in [1.29, 1.82) is 0 Å². The van der Waals surface area contributed by atoms with E-state index in [0.717, 1.165) is 0 Å². The van der Waals surface area contributed by atoms with Gasteiger partial charge in [0.1, 0.15) is 0 Å². The van der Waals surface area contributed by atoms with Crippen LogP contribution in [0.5, 0.6) is 0 Å². The molecule has 1 saturated heterocycles. The van der Waals surface area contributed by atoms with Gasteiger partial charge in [0.25, 0.3) is 11.1 Å². The third-order valence-electron chi connectivity index (χ3n) is 3.17. The Morgan fingerprint density at radius 3 is 2.58 bits per heavy atom. The molecule has 0 saturated carbocycles. The molecule has 2 heterocycles. The Morgan fingerprint density at radius 1 is 1.16 bits per heavy atom. The predicted octanol–water partition coefficient (Wildman–Crippen LogP) is 0.560. The normalized spacial score (nSPS) is 19.3. The number of rotatable bonds is 1. The highest BCUT2D eigenvalue weighted by atomic mass is 35.5. The fourth-order valence-electron chi connectivity index (χ4n) is 2.33. The van der Waals surface area contributed by atoms with E-state index in [1.807, 2.05) is 0 Å². The number of nitrogens with one attached hydrogen (secondary N) is 2. The molecule has 0 radical (unpaired) electrons. The Kier molecular flexibility index (Phi) is 2.67. The molecular weight excluding hydrogens is 270 g/mol. The number of carbonyl (C=O) groups excluding carboxylic acids is 1. The third-order valence-corrected chi connectivity index (χ3v) is 3.46. The highest BCUT2D eigenvalue weighted by Gasteiger charge is 2.30. The zero-order valence-corrected chi connectivity index (χ0v) is 10.5. The molecule has 1 aliphatic heterocycles. The minimum Gasteiger partial charge on any atom is -0.310 e. The number of nitrogens with zero attached hydrogens (tertiary/aromatic N) is 1. The first-order chi connectivity index (χ1) is 9.08. The fourth-order valence-corrected chi connectivity index (χ4v) is 2.60. The molecule has 2 N–H and O–H groups in total. The number of amides is 1. The minimum absolute atomic E-state index is 0.146. The average molecular weight is 280 g/mol. The average Bonchev–Trinajstić information content (AvgIpc) is 2.72. The maximum Gasteiger partial charge on any atom is 0.272 e. The van der Waals surface area contributed by atoms with Crippen LogP contribution in [0.3, 0.4) is 0 Å². The molecule has 0 bridgehead atoms. The lowest BCUT2D eigenvalue weighted by Gasteiger charge is -2.17. The number of aromatic amines is 2. The van der Waals surface area contributed by atoms with Gasteiger partial charge in [0, 0.05) is 13.0 Å². The third kappa shape index (κ3) is 1.84. The minimum atomic E-state index is -0.434. The first-order valence-electron chi connectivity index (χ1n) is 5.76. The molecular formula is C12H10ClN3O3. The maximum absolute atomic E-state index is 11.9. The first-order valence-corrected chi connectivity index (χ1v) is 6.19. The Balaban J connectivity index is 2.31. The molecule has 1 aromatic carbocycles. The van der Waals surface area contributed by atoms with Crippen LogP contribution in [0.25, 0.3) is 10.8 Å². The first kappa shape index (κ1) is 12.0. The standard InChI is InChI=1S/C12H10ClN3O3/c13-6-4-9(17)16(5-6)8-3-1-2-7-10(8)12(19)15-14-11(7)18/h1-3,6H,4-5H2,(H,14,18)(H,15,19). The molecule has 2 aromatic rings. The molecule has 7 heteroatoms. The quantitative estimate of drug-likeness (QED) is 0.748. The zero-order chi connectivity index (χ0) is 13.6. The second-order valence-corrected chi connectivity index (χ2v) is 5.03. The van der Waals surface area contributed by atoms with E-state index in [2.05, 4.69) is 10.2 Å². The summed E-state index contributed by atoms with van der Waals surface area (Å²) in [6.45, 7) is 0.339. The topological polar surface area (TPSA) is 86.0 Å². The van der Waals surface area contributed by atoms with Gasteiger partial charge in [0.2, 0.25) is 5.91 Å². The summed E-state index contributed by atoms with van der Waals surface area (Å²) in [6.07, 6.45) is 0.235. The zero-order valence-electron chi connectivity index (χ0n) is 9.77. The van der Waals surface area contributed by atoms with Crippen LogP contribution in [0.15, 0.2) is 27.8 Å². The Morgan fingerprint density at radius 2 is 1.89 bits per heavy atom. The van der Waals surface area contributed by atoms with E-state index in [1.54, 1.807) is 18.2 Å². The summed E-state index contributed by atoms with van der Waals surface area (Å²) in [7, 11) is 0. The molecule has 19 heavy (non-hydrogen) atoms. The lowest BCUT2D eigenvalue weighted by molar-refractivity contribution is -0.117. The highest BCUT2D eigenvalue weighted by Crippen LogP contribution is 2.28. The molecule has 1 unspecified atom stereocenters. The van der Waals surface area contributed by atoms with Gasteiger partial charge >= 0.3 is 0 Å². The van der Waals surface area contributed by atoms with Gasteiger partial charge in [-0.25, -0.2) is 0 Å². The van der Waals surface area contributed by atoms with Crippen LogP contribution >= 0.6 is 11.6 Å². The lowest BCUT2D eigenvalue weighted by Crippen LogP contribution is -2.28. The van der Waals surface area contributed by atoms with Gasteiger partial charge in [-0.15, -0.1) is 11.6 Å². The van der Waals surface area contributed by atoms with Crippen LogP contribution in [-0.4, -0.2) is 28.0 Å². The van der Waals surface area contributed by atoms with Gasteiger partial charge in [-0.2, -0.15) is 0 Å². The number of carbonyl (C=O) groups is 1. The van der Waals surface area contributed by atoms with Crippen LogP contribution in [-0.2, 0) is 4.79 Å². The van der Waals surface area contributed by atoms with E-state index in [9.17, 15) is 14.4 Å². The Labute approximate surface area is 112 Å². The number of fused-ring (bicyclic) bond motifs is 1. The molecule has 1 atom stereocenters. The number of halogens is 1. The van der Waals surface area contributed by atoms with E-state index in [4.69, 9.17) is 11.6 Å². The molecule has 1 aromatic heterocycles. The molecule has 1 amide bonds. The summed E-state index contributed by atoms with van der Waals surface area (Å²) in [5.41, 5.74) is -0.403. The van der Waals surface area contributed by atoms with Crippen LogP contribution in [0, 0.1) is 0 Å². The largest absolute Gasteiger partial charge is 0.310 e. The summed E-state index contributed by atoms with van der Waals surface area (Å²) in [4.78, 5) is 36.9. The van der Waals surface area contributed by atoms with Crippen molar-refractivity contribution >= 4 is 34.0 Å². The van der Waals surface area contributed by atoms with Crippen molar-refractivity contribution in [3.8, 4) is 0 Å². The van der Waals surface area contributed by atoms with Crippen molar-refractivity contribution in [3.63, 3.8) is 0 Å². The van der Waals surface area contributed by atoms with Crippen molar-refractivity contribution in [2.45, 2.75) is 11.8 Å². The summed E-state index contributed by atoms with van der Waals surface area (Å²) in [5.74, 6) is -0.146. The van der Waals surface area contributed by atoms with Crippen molar-refractivity contribution in [2.24, 2.45) is 0 Å². The number of anilines is 1. The number of hydrogen-bond donors (Lipinski definition) is 2. The number of benzene rings is 1. The molecule has 98 valence electrons. The number of hydrogen-bond acceptors (Lipinski definition) is 3. The SMILES string of the molecule is O=C1CC(Cl)CN1c1cccc2c(=O)[nH][nH]c(=O)c12. The summed E-state index contributed by atoms with van der Waals surface area (Å²) in [5, 5.41) is 4.72.